The summed E-state index contributed by atoms with van der Waals surface area (Å²) in [5.41, 5.74) is 4.24. The Morgan fingerprint density at radius 3 is 2.72 bits per heavy atom. The van der Waals surface area contributed by atoms with Crippen LogP contribution in [0, 0.1) is 0 Å². The van der Waals surface area contributed by atoms with Crippen molar-refractivity contribution in [2.24, 2.45) is 0 Å². The zero-order valence-electron chi connectivity index (χ0n) is 13.8. The second-order valence-electron chi connectivity index (χ2n) is 5.60. The molecule has 0 bridgehead atoms. The molecular weight excluding hydrogens is 398 g/mol. The lowest BCUT2D eigenvalue weighted by atomic mass is 10.1. The third kappa shape index (κ3) is 5.14. The number of aromatic nitrogens is 1. The summed E-state index contributed by atoms with van der Waals surface area (Å²) in [6, 6.07) is 16.3. The van der Waals surface area contributed by atoms with Gasteiger partial charge in [-0.3, -0.25) is 4.79 Å². The molecule has 2 N–H and O–H groups in total. The van der Waals surface area contributed by atoms with Crippen LogP contribution in [-0.2, 0) is 11.2 Å². The zero-order chi connectivity index (χ0) is 17.6. The minimum atomic E-state index is 0.00423. The summed E-state index contributed by atoms with van der Waals surface area (Å²) < 4.78 is 1.03. The Bertz CT molecular complexity index is 861. The lowest BCUT2D eigenvalue weighted by Gasteiger charge is -2.04. The van der Waals surface area contributed by atoms with E-state index in [2.05, 4.69) is 55.8 Å². The molecule has 3 rings (SSSR count). The number of nitrogens with zero attached hydrogens (tertiary/aromatic N) is 1. The topological polar surface area (TPSA) is 54.0 Å². The van der Waals surface area contributed by atoms with Gasteiger partial charge in [0.2, 0.25) is 5.91 Å². The number of thiazole rings is 1. The van der Waals surface area contributed by atoms with Crippen LogP contribution in [0.2, 0.25) is 0 Å². The summed E-state index contributed by atoms with van der Waals surface area (Å²) in [4.78, 5) is 15.6. The minimum Gasteiger partial charge on any atom is -0.356 e. The molecule has 0 saturated heterocycles. The highest BCUT2D eigenvalue weighted by atomic mass is 79.9. The molecule has 1 amide bonds. The molecule has 0 unspecified atom stereocenters. The van der Waals surface area contributed by atoms with Crippen LogP contribution in [0.4, 0.5) is 10.8 Å². The summed E-state index contributed by atoms with van der Waals surface area (Å²) in [6.07, 6.45) is 0.826. The van der Waals surface area contributed by atoms with Gasteiger partial charge in [-0.15, -0.1) is 11.3 Å². The van der Waals surface area contributed by atoms with Gasteiger partial charge in [0.05, 0.1) is 5.69 Å². The van der Waals surface area contributed by atoms with E-state index >= 15 is 0 Å². The fourth-order valence-corrected chi connectivity index (χ4v) is 3.52. The largest absolute Gasteiger partial charge is 0.356 e. The highest BCUT2D eigenvalue weighted by Crippen LogP contribution is 2.28. The van der Waals surface area contributed by atoms with Gasteiger partial charge in [0.25, 0.3) is 0 Å². The maximum absolute atomic E-state index is 10.9. The molecule has 128 valence electrons. The van der Waals surface area contributed by atoms with Crippen LogP contribution in [0.5, 0.6) is 0 Å². The van der Waals surface area contributed by atoms with E-state index in [0.717, 1.165) is 33.0 Å². The number of amides is 1. The van der Waals surface area contributed by atoms with Gasteiger partial charge in [-0.05, 0) is 30.2 Å². The molecule has 0 fully saturated rings. The van der Waals surface area contributed by atoms with Gasteiger partial charge in [-0.2, -0.15) is 0 Å². The number of carbonyl (C=O) groups excluding carboxylic acids is 1. The molecular formula is C19H18BrN3OS. The number of halogens is 1. The van der Waals surface area contributed by atoms with Crippen LogP contribution in [0.25, 0.3) is 11.3 Å². The van der Waals surface area contributed by atoms with E-state index in [-0.39, 0.29) is 5.91 Å². The minimum absolute atomic E-state index is 0.00423. The molecule has 0 aliphatic rings. The summed E-state index contributed by atoms with van der Waals surface area (Å²) >= 11 is 5.05. The fraction of sp³-hybridized carbons (Fsp3) is 0.158. The van der Waals surface area contributed by atoms with Crippen LogP contribution in [0.15, 0.2) is 58.4 Å². The van der Waals surface area contributed by atoms with Gasteiger partial charge in [0, 0.05) is 34.6 Å². The van der Waals surface area contributed by atoms with Crippen LogP contribution in [0.3, 0.4) is 0 Å². The van der Waals surface area contributed by atoms with Crippen molar-refractivity contribution in [3.63, 3.8) is 0 Å². The first-order valence-corrected chi connectivity index (χ1v) is 9.59. The van der Waals surface area contributed by atoms with Crippen molar-refractivity contribution in [1.29, 1.82) is 0 Å². The van der Waals surface area contributed by atoms with Crippen LogP contribution < -0.4 is 10.6 Å². The lowest BCUT2D eigenvalue weighted by Crippen LogP contribution is -2.22. The molecule has 25 heavy (non-hydrogen) atoms. The Balaban J connectivity index is 1.64. The molecule has 0 spiro atoms. The first kappa shape index (κ1) is 17.6. The lowest BCUT2D eigenvalue weighted by molar-refractivity contribution is -0.118. The van der Waals surface area contributed by atoms with E-state index in [4.69, 9.17) is 0 Å². The summed E-state index contributed by atoms with van der Waals surface area (Å²) in [5.74, 6) is 0.00423. The predicted octanol–water partition coefficient (Wildman–Crippen LogP) is 4.99. The highest BCUT2D eigenvalue weighted by molar-refractivity contribution is 9.10. The van der Waals surface area contributed by atoms with Gasteiger partial charge in [-0.1, -0.05) is 46.3 Å². The van der Waals surface area contributed by atoms with Crippen molar-refractivity contribution in [3.8, 4) is 11.3 Å². The number of anilines is 2. The van der Waals surface area contributed by atoms with E-state index in [1.807, 2.05) is 29.6 Å². The molecule has 0 saturated carbocycles. The van der Waals surface area contributed by atoms with Gasteiger partial charge in [0.15, 0.2) is 5.13 Å². The second-order valence-corrected chi connectivity index (χ2v) is 7.38. The van der Waals surface area contributed by atoms with Crippen molar-refractivity contribution in [3.05, 3.63) is 63.9 Å². The average molecular weight is 416 g/mol. The highest BCUT2D eigenvalue weighted by Gasteiger charge is 2.05. The fourth-order valence-electron chi connectivity index (χ4n) is 2.38. The first-order chi connectivity index (χ1) is 12.1. The Labute approximate surface area is 159 Å². The van der Waals surface area contributed by atoms with E-state index in [1.165, 1.54) is 12.5 Å². The molecule has 3 aromatic rings. The molecule has 0 aliphatic heterocycles. The van der Waals surface area contributed by atoms with Crippen molar-refractivity contribution < 1.29 is 4.79 Å². The molecule has 1 aromatic heterocycles. The normalized spacial score (nSPS) is 10.5. The third-order valence-electron chi connectivity index (χ3n) is 3.62. The Morgan fingerprint density at radius 2 is 2.00 bits per heavy atom. The SMILES string of the molecule is CC(=O)NCCc1ccc(-c2csc(Nc3cccc(Br)c3)n2)cc1. The molecule has 2 aromatic carbocycles. The average Bonchev–Trinajstić information content (AvgIpc) is 3.04. The zero-order valence-corrected chi connectivity index (χ0v) is 16.2. The number of benzene rings is 2. The van der Waals surface area contributed by atoms with E-state index < -0.39 is 0 Å². The second kappa shape index (κ2) is 8.27. The van der Waals surface area contributed by atoms with E-state index in [9.17, 15) is 4.79 Å². The van der Waals surface area contributed by atoms with Gasteiger partial charge in [0.1, 0.15) is 0 Å². The number of nitrogens with one attached hydrogen (secondary N) is 2. The van der Waals surface area contributed by atoms with Gasteiger partial charge < -0.3 is 10.6 Å². The maximum Gasteiger partial charge on any atom is 0.216 e. The predicted molar refractivity (Wildman–Crippen MR) is 107 cm³/mol. The van der Waals surface area contributed by atoms with Gasteiger partial charge in [-0.25, -0.2) is 4.98 Å². The van der Waals surface area contributed by atoms with E-state index in [1.54, 1.807) is 11.3 Å². The molecule has 1 heterocycles. The molecule has 0 aliphatic carbocycles. The van der Waals surface area contributed by atoms with Crippen molar-refractivity contribution in [2.75, 3.05) is 11.9 Å². The Morgan fingerprint density at radius 1 is 1.20 bits per heavy atom. The van der Waals surface area contributed by atoms with Gasteiger partial charge >= 0.3 is 0 Å². The number of hydrogen-bond acceptors (Lipinski definition) is 4. The number of carbonyl (C=O) groups is 1. The summed E-state index contributed by atoms with van der Waals surface area (Å²) in [6.45, 7) is 2.19. The molecule has 0 atom stereocenters. The van der Waals surface area contributed by atoms with Crippen LogP contribution in [0.1, 0.15) is 12.5 Å². The molecule has 0 radical (unpaired) electrons. The van der Waals surface area contributed by atoms with Crippen molar-refractivity contribution in [1.82, 2.24) is 10.3 Å². The number of rotatable bonds is 6. The Kier molecular flexibility index (Phi) is 5.83. The number of hydrogen-bond donors (Lipinski definition) is 2. The van der Waals surface area contributed by atoms with Crippen LogP contribution >= 0.6 is 27.3 Å². The quantitative estimate of drug-likeness (QED) is 0.595. The van der Waals surface area contributed by atoms with E-state index in [0.29, 0.717) is 6.54 Å². The first-order valence-electron chi connectivity index (χ1n) is 7.92. The Hall–Kier alpha value is -2.18. The summed E-state index contributed by atoms with van der Waals surface area (Å²) in [7, 11) is 0. The standard InChI is InChI=1S/C19H18BrN3OS/c1-13(24)21-10-9-14-5-7-15(8-6-14)18-12-25-19(23-18)22-17-4-2-3-16(20)11-17/h2-8,11-12H,9-10H2,1H3,(H,21,24)(H,22,23). The third-order valence-corrected chi connectivity index (χ3v) is 4.87. The molecule has 4 nitrogen and oxygen atoms in total. The van der Waals surface area contributed by atoms with Crippen molar-refractivity contribution in [2.45, 2.75) is 13.3 Å². The smallest absolute Gasteiger partial charge is 0.216 e. The summed E-state index contributed by atoms with van der Waals surface area (Å²) in [5, 5.41) is 9.04. The maximum atomic E-state index is 10.9. The monoisotopic (exact) mass is 415 g/mol. The molecule has 6 heteroatoms. The van der Waals surface area contributed by atoms with Crippen molar-refractivity contribution >= 4 is 44.0 Å². The van der Waals surface area contributed by atoms with Crippen LogP contribution in [-0.4, -0.2) is 17.4 Å².